The summed E-state index contributed by atoms with van der Waals surface area (Å²) >= 11 is 0. The van der Waals surface area contributed by atoms with Crippen LogP contribution in [-0.4, -0.2) is 11.3 Å². The summed E-state index contributed by atoms with van der Waals surface area (Å²) < 4.78 is 2.56. The molecule has 9 aromatic carbocycles. The van der Waals surface area contributed by atoms with Gasteiger partial charge in [0.2, 0.25) is 0 Å². The number of aromatic nitrogens is 1. The second kappa shape index (κ2) is 17.0. The number of nitrogens with zero attached hydrogens (tertiary/aromatic N) is 3. The molecule has 1 aromatic heterocycles. The zero-order chi connectivity index (χ0) is 51.6. The van der Waals surface area contributed by atoms with Gasteiger partial charge in [0.1, 0.15) is 0 Å². The zero-order valence-electron chi connectivity index (χ0n) is 45.4. The molecule has 0 atom stereocenters. The fraction of sp³-hybridized carbons (Fsp3) is 0.229. The van der Waals surface area contributed by atoms with Crippen LogP contribution in [0.1, 0.15) is 105 Å². The largest absolute Gasteiger partial charge is 0.311 e. The van der Waals surface area contributed by atoms with Crippen LogP contribution in [0.5, 0.6) is 0 Å². The molecule has 0 spiro atoms. The van der Waals surface area contributed by atoms with Gasteiger partial charge in [-0.05, 0) is 155 Å². The van der Waals surface area contributed by atoms with E-state index in [-0.39, 0.29) is 28.4 Å². The lowest BCUT2D eigenvalue weighted by Gasteiger charge is -2.45. The Morgan fingerprint density at radius 2 is 0.662 bits per heavy atom. The van der Waals surface area contributed by atoms with E-state index in [1.54, 1.807) is 0 Å². The van der Waals surface area contributed by atoms with Gasteiger partial charge in [-0.25, -0.2) is 0 Å². The molecule has 3 nitrogen and oxygen atoms in total. The molecular weight excluding hydrogens is 894 g/mol. The Bertz CT molecular complexity index is 3550. The lowest BCUT2D eigenvalue weighted by molar-refractivity contribution is 0.590. The highest BCUT2D eigenvalue weighted by molar-refractivity contribution is 7.02. The van der Waals surface area contributed by atoms with Gasteiger partial charge in [-0.2, -0.15) is 0 Å². The maximum Gasteiger partial charge on any atom is 0.253 e. The van der Waals surface area contributed by atoms with E-state index in [1.807, 2.05) is 0 Å². The fourth-order valence-corrected chi connectivity index (χ4v) is 11.9. The summed E-state index contributed by atoms with van der Waals surface area (Å²) in [5.74, 6) is 0. The van der Waals surface area contributed by atoms with Crippen molar-refractivity contribution in [1.29, 1.82) is 0 Å². The lowest BCUT2D eigenvalue weighted by Crippen LogP contribution is -2.62. The lowest BCUT2D eigenvalue weighted by atomic mass is 9.32. The Hall–Kier alpha value is -7.56. The third-order valence-electron chi connectivity index (χ3n) is 16.0. The predicted octanol–water partition coefficient (Wildman–Crippen LogP) is 17.4. The number of fused-ring (bicyclic) bond motifs is 7. The number of anilines is 6. The first kappa shape index (κ1) is 47.4. The Morgan fingerprint density at radius 3 is 1.03 bits per heavy atom. The van der Waals surface area contributed by atoms with Gasteiger partial charge in [-0.15, -0.1) is 0 Å². The SMILES string of the molecule is CC(C)(C)c1ccc(N2c3cccc(-c4ccccc4)c3B3c4c(-c5ccccc5)cccc4N(c4ccc(C(C)(C)C)cc4)c4cc(-n5c6ccc(C(C)(C)C)cc6c6cc(C(C)(C)C)ccc65)cc2c43)cc1. The molecule has 2 aliphatic heterocycles. The minimum absolute atomic E-state index is 0.000173. The number of benzene rings is 9. The van der Waals surface area contributed by atoms with Gasteiger partial charge in [0.15, 0.2) is 0 Å². The molecule has 10 aromatic rings. The highest BCUT2D eigenvalue weighted by Crippen LogP contribution is 2.49. The summed E-state index contributed by atoms with van der Waals surface area (Å²) in [6.07, 6.45) is 0. The molecule has 2 aliphatic rings. The first-order valence-corrected chi connectivity index (χ1v) is 26.7. The molecule has 0 saturated heterocycles. The Kier molecular flexibility index (Phi) is 10.9. The predicted molar refractivity (Wildman–Crippen MR) is 320 cm³/mol. The molecule has 0 unspecified atom stereocenters. The van der Waals surface area contributed by atoms with Gasteiger partial charge >= 0.3 is 0 Å². The summed E-state index contributed by atoms with van der Waals surface area (Å²) in [6, 6.07) is 74.4. The van der Waals surface area contributed by atoms with Crippen LogP contribution < -0.4 is 26.2 Å². The van der Waals surface area contributed by atoms with E-state index in [0.29, 0.717) is 0 Å². The van der Waals surface area contributed by atoms with E-state index in [0.717, 1.165) is 17.1 Å². The highest BCUT2D eigenvalue weighted by atomic mass is 15.2. The summed E-state index contributed by atoms with van der Waals surface area (Å²) in [7, 11) is 0. The van der Waals surface area contributed by atoms with Gasteiger partial charge < -0.3 is 14.4 Å². The first-order chi connectivity index (χ1) is 35.3. The maximum atomic E-state index is 2.59. The third-order valence-corrected chi connectivity index (χ3v) is 16.0. The van der Waals surface area contributed by atoms with Crippen molar-refractivity contribution >= 4 is 79.0 Å². The highest BCUT2D eigenvalue weighted by Gasteiger charge is 2.46. The van der Waals surface area contributed by atoms with Crippen molar-refractivity contribution in [2.45, 2.75) is 105 Å². The molecule has 4 heteroatoms. The van der Waals surface area contributed by atoms with E-state index in [9.17, 15) is 0 Å². The molecule has 0 bridgehead atoms. The van der Waals surface area contributed by atoms with Crippen LogP contribution in [0.2, 0.25) is 0 Å². The molecular formula is C70H68BN3. The first-order valence-electron chi connectivity index (χ1n) is 26.7. The minimum Gasteiger partial charge on any atom is -0.311 e. The van der Waals surface area contributed by atoms with Crippen LogP contribution in [0.3, 0.4) is 0 Å². The van der Waals surface area contributed by atoms with Crippen molar-refractivity contribution in [3.63, 3.8) is 0 Å². The Labute approximate surface area is 440 Å². The van der Waals surface area contributed by atoms with Crippen LogP contribution in [0.25, 0.3) is 49.7 Å². The smallest absolute Gasteiger partial charge is 0.253 e. The van der Waals surface area contributed by atoms with Gasteiger partial charge in [-0.1, -0.05) is 204 Å². The van der Waals surface area contributed by atoms with Crippen molar-refractivity contribution in [3.05, 3.63) is 216 Å². The molecule has 12 rings (SSSR count). The summed E-state index contributed by atoms with van der Waals surface area (Å²) in [4.78, 5) is 5.18. The van der Waals surface area contributed by atoms with Gasteiger partial charge in [-0.3, -0.25) is 0 Å². The molecule has 0 N–H and O–H groups in total. The average molecular weight is 962 g/mol. The fourth-order valence-electron chi connectivity index (χ4n) is 11.9. The Morgan fingerprint density at radius 1 is 0.297 bits per heavy atom. The van der Waals surface area contributed by atoms with Gasteiger partial charge in [0, 0.05) is 44.9 Å². The maximum absolute atomic E-state index is 2.59. The standard InChI is InChI=1S/C70H68BN3/c1-67(2,3)47-29-35-51(36-30-47)72-60-27-19-25-54(45-21-15-13-16-22-45)64(60)71-65-55(46-23-17-14-18-24-46)26-20-28-61(65)73(52-37-31-48(32-38-52)68(4,5)6)63-44-53(43-62(72)66(63)71)74-58-39-33-49(69(7,8)9)41-56(58)57-42-50(70(10,11)12)34-40-59(57)74/h13-44H,1-12H3. The number of hydrogen-bond donors (Lipinski definition) is 0. The quantitative estimate of drug-likeness (QED) is 0.159. The molecule has 0 amide bonds. The molecule has 0 fully saturated rings. The Balaban J connectivity index is 1.26. The van der Waals surface area contributed by atoms with Crippen molar-refractivity contribution in [1.82, 2.24) is 4.57 Å². The monoisotopic (exact) mass is 962 g/mol. The molecule has 366 valence electrons. The minimum atomic E-state index is -0.121. The van der Waals surface area contributed by atoms with Crippen LogP contribution in [0.15, 0.2) is 194 Å². The molecule has 3 heterocycles. The van der Waals surface area contributed by atoms with Crippen LogP contribution in [0.4, 0.5) is 34.1 Å². The molecule has 0 aliphatic carbocycles. The van der Waals surface area contributed by atoms with E-state index in [1.165, 1.54) is 105 Å². The molecule has 74 heavy (non-hydrogen) atoms. The topological polar surface area (TPSA) is 11.4 Å². The summed E-state index contributed by atoms with van der Waals surface area (Å²) in [6.45, 7) is 27.7. The van der Waals surface area contributed by atoms with E-state index in [2.05, 4.69) is 292 Å². The third kappa shape index (κ3) is 7.79. The van der Waals surface area contributed by atoms with E-state index in [4.69, 9.17) is 0 Å². The van der Waals surface area contributed by atoms with Gasteiger partial charge in [0.05, 0.1) is 16.7 Å². The second-order valence-electron chi connectivity index (χ2n) is 25.1. The molecule has 0 radical (unpaired) electrons. The molecule has 0 saturated carbocycles. The summed E-state index contributed by atoms with van der Waals surface area (Å²) in [5.41, 5.74) is 24.7. The van der Waals surface area contributed by atoms with Crippen molar-refractivity contribution in [3.8, 4) is 27.9 Å². The number of hydrogen-bond acceptors (Lipinski definition) is 2. The van der Waals surface area contributed by atoms with Crippen LogP contribution >= 0.6 is 0 Å². The van der Waals surface area contributed by atoms with E-state index < -0.39 is 0 Å². The van der Waals surface area contributed by atoms with E-state index >= 15 is 0 Å². The zero-order valence-corrected chi connectivity index (χ0v) is 45.4. The van der Waals surface area contributed by atoms with Crippen LogP contribution in [-0.2, 0) is 21.7 Å². The summed E-state index contributed by atoms with van der Waals surface area (Å²) in [5, 5.41) is 2.56. The van der Waals surface area contributed by atoms with Gasteiger partial charge in [0.25, 0.3) is 6.71 Å². The van der Waals surface area contributed by atoms with Crippen molar-refractivity contribution in [2.75, 3.05) is 9.80 Å². The second-order valence-corrected chi connectivity index (χ2v) is 25.1. The van der Waals surface area contributed by atoms with Crippen LogP contribution in [0, 0.1) is 0 Å². The average Bonchev–Trinajstić information content (AvgIpc) is 3.82. The number of rotatable bonds is 5. The van der Waals surface area contributed by atoms with Crippen molar-refractivity contribution < 1.29 is 0 Å². The normalized spacial score (nSPS) is 13.6. The van der Waals surface area contributed by atoms with Crippen molar-refractivity contribution in [2.24, 2.45) is 0 Å².